The van der Waals surface area contributed by atoms with Gasteiger partial charge in [-0.15, -0.1) is 0 Å². The second-order valence-corrected chi connectivity index (χ2v) is 14.1. The molecule has 244 valence electrons. The molecule has 0 saturated carbocycles. The lowest BCUT2D eigenvalue weighted by molar-refractivity contribution is 0.483. The number of hydrogen-bond donors (Lipinski definition) is 0. The first-order chi connectivity index (χ1) is 24.2. The third-order valence-electron chi connectivity index (χ3n) is 9.74. The highest BCUT2D eigenvalue weighted by Gasteiger charge is 2.22. The summed E-state index contributed by atoms with van der Waals surface area (Å²) < 4.78 is 17.6. The van der Waals surface area contributed by atoms with Crippen LogP contribution < -0.4 is 4.74 Å². The lowest BCUT2D eigenvalue weighted by Crippen LogP contribution is -2.12. The van der Waals surface area contributed by atoms with Crippen LogP contribution in [-0.4, -0.2) is 19.1 Å². The van der Waals surface area contributed by atoms with E-state index in [0.717, 1.165) is 61.3 Å². The number of furan rings is 1. The second kappa shape index (κ2) is 11.2. The molecule has 4 aromatic heterocycles. The molecule has 0 amide bonds. The van der Waals surface area contributed by atoms with Crippen molar-refractivity contribution in [3.63, 3.8) is 0 Å². The van der Waals surface area contributed by atoms with Crippen LogP contribution in [0.25, 0.3) is 66.6 Å². The summed E-state index contributed by atoms with van der Waals surface area (Å²) in [6.07, 6.45) is 5.79. The van der Waals surface area contributed by atoms with Crippen LogP contribution in [0.15, 0.2) is 132 Å². The van der Waals surface area contributed by atoms with Gasteiger partial charge in [-0.25, -0.2) is 9.97 Å². The van der Waals surface area contributed by atoms with E-state index in [9.17, 15) is 0 Å². The van der Waals surface area contributed by atoms with Gasteiger partial charge in [-0.2, -0.15) is 0 Å². The molecule has 0 bridgehead atoms. The monoisotopic (exact) mass is 652 g/mol. The van der Waals surface area contributed by atoms with E-state index >= 15 is 0 Å². The highest BCUT2D eigenvalue weighted by Crippen LogP contribution is 2.42. The minimum Gasteiger partial charge on any atom is -0.457 e. The van der Waals surface area contributed by atoms with Gasteiger partial charge in [0.25, 0.3) is 0 Å². The van der Waals surface area contributed by atoms with Crippen molar-refractivity contribution in [3.8, 4) is 34.4 Å². The van der Waals surface area contributed by atoms with Gasteiger partial charge in [0, 0.05) is 57.8 Å². The lowest BCUT2D eigenvalue weighted by Gasteiger charge is -2.20. The minimum absolute atomic E-state index is 0.00958. The Morgan fingerprint density at radius 3 is 2.22 bits per heavy atom. The third kappa shape index (κ3) is 4.78. The number of aryl methyl sites for hydroxylation is 2. The van der Waals surface area contributed by atoms with Crippen LogP contribution in [0.1, 0.15) is 37.5 Å². The van der Waals surface area contributed by atoms with Gasteiger partial charge >= 0.3 is 0 Å². The molecular weight excluding hydrogens is 617 g/mol. The van der Waals surface area contributed by atoms with Gasteiger partial charge in [0.2, 0.25) is 0 Å². The van der Waals surface area contributed by atoms with Crippen LogP contribution in [0.3, 0.4) is 0 Å². The molecule has 6 heteroatoms. The average molecular weight is 653 g/mol. The molecule has 0 N–H and O–H groups in total. The largest absolute Gasteiger partial charge is 0.457 e. The van der Waals surface area contributed by atoms with E-state index in [-0.39, 0.29) is 5.41 Å². The predicted octanol–water partition coefficient (Wildman–Crippen LogP) is 11.6. The summed E-state index contributed by atoms with van der Waals surface area (Å²) in [6.45, 7) is 11.0. The normalized spacial score (nSPS) is 12.1. The molecule has 0 aliphatic carbocycles. The maximum absolute atomic E-state index is 6.76. The van der Waals surface area contributed by atoms with Gasteiger partial charge in [-0.3, -0.25) is 9.13 Å². The van der Waals surface area contributed by atoms with Gasteiger partial charge in [-0.05, 0) is 78.4 Å². The molecule has 50 heavy (non-hydrogen) atoms. The Morgan fingerprint density at radius 1 is 0.640 bits per heavy atom. The van der Waals surface area contributed by atoms with E-state index in [0.29, 0.717) is 11.5 Å². The molecular formula is C44H36N4O2. The maximum Gasteiger partial charge on any atom is 0.145 e. The number of imidazole rings is 1. The van der Waals surface area contributed by atoms with Crippen molar-refractivity contribution >= 4 is 43.7 Å². The average Bonchev–Trinajstić information content (AvgIpc) is 3.82. The van der Waals surface area contributed by atoms with Crippen LogP contribution in [0.4, 0.5) is 0 Å². The molecule has 9 aromatic rings. The van der Waals surface area contributed by atoms with Crippen LogP contribution in [0, 0.1) is 13.8 Å². The number of fused-ring (bicyclic) bond motifs is 6. The molecule has 0 fully saturated rings. The van der Waals surface area contributed by atoms with E-state index < -0.39 is 0 Å². The molecule has 4 heterocycles. The van der Waals surface area contributed by atoms with Gasteiger partial charge in [0.1, 0.15) is 34.3 Å². The first kappa shape index (κ1) is 30.0. The smallest absolute Gasteiger partial charge is 0.145 e. The predicted molar refractivity (Wildman–Crippen MR) is 203 cm³/mol. The van der Waals surface area contributed by atoms with Crippen LogP contribution in [0.5, 0.6) is 11.5 Å². The van der Waals surface area contributed by atoms with Crippen LogP contribution in [0.2, 0.25) is 0 Å². The highest BCUT2D eigenvalue weighted by molar-refractivity contribution is 6.12. The van der Waals surface area contributed by atoms with Crippen molar-refractivity contribution in [2.75, 3.05) is 0 Å². The number of ether oxygens (including phenoxy) is 1. The Bertz CT molecular complexity index is 2740. The fourth-order valence-electron chi connectivity index (χ4n) is 7.34. The van der Waals surface area contributed by atoms with E-state index in [2.05, 4.69) is 123 Å². The molecule has 0 unspecified atom stereocenters. The minimum atomic E-state index is -0.00958. The van der Waals surface area contributed by atoms with E-state index in [4.69, 9.17) is 19.1 Å². The maximum atomic E-state index is 6.76. The van der Waals surface area contributed by atoms with Crippen molar-refractivity contribution in [1.82, 2.24) is 19.1 Å². The summed E-state index contributed by atoms with van der Waals surface area (Å²) >= 11 is 0. The zero-order valence-electron chi connectivity index (χ0n) is 28.7. The summed E-state index contributed by atoms with van der Waals surface area (Å²) in [4.78, 5) is 9.77. The molecule has 9 rings (SSSR count). The topological polar surface area (TPSA) is 58.0 Å². The summed E-state index contributed by atoms with van der Waals surface area (Å²) in [5.74, 6) is 3.08. The highest BCUT2D eigenvalue weighted by atomic mass is 16.5. The van der Waals surface area contributed by atoms with Crippen molar-refractivity contribution in [2.45, 2.75) is 40.0 Å². The van der Waals surface area contributed by atoms with E-state index in [1.54, 1.807) is 0 Å². The molecule has 0 aliphatic heterocycles. The quantitative estimate of drug-likeness (QED) is 0.186. The van der Waals surface area contributed by atoms with Crippen molar-refractivity contribution < 1.29 is 9.15 Å². The van der Waals surface area contributed by atoms with E-state index in [1.165, 1.54) is 22.1 Å². The Morgan fingerprint density at radius 2 is 1.40 bits per heavy atom. The summed E-state index contributed by atoms with van der Waals surface area (Å²) in [7, 11) is 0. The fourth-order valence-corrected chi connectivity index (χ4v) is 7.34. The number of para-hydroxylation sites is 3. The van der Waals surface area contributed by atoms with Crippen molar-refractivity contribution in [3.05, 3.63) is 144 Å². The van der Waals surface area contributed by atoms with Gasteiger partial charge in [-0.1, -0.05) is 75.4 Å². The van der Waals surface area contributed by atoms with Crippen molar-refractivity contribution in [2.24, 2.45) is 0 Å². The van der Waals surface area contributed by atoms with Gasteiger partial charge in [0.05, 0.1) is 16.7 Å². The van der Waals surface area contributed by atoms with Gasteiger partial charge in [0.15, 0.2) is 0 Å². The number of pyridine rings is 1. The second-order valence-electron chi connectivity index (χ2n) is 14.1. The first-order valence-corrected chi connectivity index (χ1v) is 17.0. The Balaban J connectivity index is 1.23. The molecule has 0 radical (unpaired) electrons. The molecule has 5 aromatic carbocycles. The third-order valence-corrected chi connectivity index (χ3v) is 9.74. The van der Waals surface area contributed by atoms with E-state index in [1.807, 2.05) is 48.9 Å². The SMILES string of the molecule is Cc1cccc(C)c1-n1ccnc1-c1cc(Oc2ccc3c4ccccc4n(-c4cc(C(C)(C)C)ccn4)c3c2)cc2oc3ccccc3c12. The molecule has 0 spiro atoms. The number of aromatic nitrogens is 4. The molecule has 6 nitrogen and oxygen atoms in total. The Kier molecular flexibility index (Phi) is 6.71. The summed E-state index contributed by atoms with van der Waals surface area (Å²) in [6, 6.07) is 37.7. The Labute approximate surface area is 290 Å². The molecule has 0 saturated heterocycles. The lowest BCUT2D eigenvalue weighted by atomic mass is 9.88. The number of hydrogen-bond acceptors (Lipinski definition) is 4. The fraction of sp³-hybridized carbons (Fsp3) is 0.136. The number of benzene rings is 5. The van der Waals surface area contributed by atoms with Gasteiger partial charge < -0.3 is 9.15 Å². The number of nitrogens with zero attached hydrogens (tertiary/aromatic N) is 4. The van der Waals surface area contributed by atoms with Crippen LogP contribution >= 0.6 is 0 Å². The molecule has 0 atom stereocenters. The number of rotatable bonds is 5. The zero-order valence-corrected chi connectivity index (χ0v) is 28.7. The molecule has 0 aliphatic rings. The summed E-state index contributed by atoms with van der Waals surface area (Å²) in [5, 5.41) is 4.35. The standard InChI is InChI=1S/C44H36N4O2/c1-27-11-10-12-28(2)42(27)47-22-21-46-43(47)35-24-31(26-39-41(35)34-14-7-9-16-38(34)50-39)49-30-17-18-33-32-13-6-8-15-36(32)48(37(33)25-30)40-23-29(19-20-45-40)44(3,4)5/h6-26H,1-5H3. The van der Waals surface area contributed by atoms with Crippen molar-refractivity contribution in [1.29, 1.82) is 0 Å². The van der Waals surface area contributed by atoms with Crippen LogP contribution in [-0.2, 0) is 5.41 Å². The summed E-state index contributed by atoms with van der Waals surface area (Å²) in [5.41, 5.74) is 9.32. The Hall–Kier alpha value is -6.14. The zero-order chi connectivity index (χ0) is 34.1. The first-order valence-electron chi connectivity index (χ1n) is 17.0.